The maximum Gasteiger partial charge on any atom is 0.246 e. The molecule has 0 unspecified atom stereocenters. The third kappa shape index (κ3) is 3.01. The molecule has 1 heterocycles. The summed E-state index contributed by atoms with van der Waals surface area (Å²) in [6.45, 7) is 2.03. The maximum absolute atomic E-state index is 11.7. The van der Waals surface area contributed by atoms with Crippen molar-refractivity contribution >= 4 is 28.9 Å². The molecule has 6 heteroatoms. The highest BCUT2D eigenvalue weighted by molar-refractivity contribution is 6.33. The Kier molecular flexibility index (Phi) is 3.53. The van der Waals surface area contributed by atoms with E-state index in [9.17, 15) is 4.79 Å². The summed E-state index contributed by atoms with van der Waals surface area (Å²) in [5.74, 6) is -0.167. The van der Waals surface area contributed by atoms with Crippen LogP contribution in [0.4, 0.5) is 11.4 Å². The van der Waals surface area contributed by atoms with Crippen molar-refractivity contribution < 1.29 is 4.79 Å². The number of halogens is 1. The fourth-order valence-electron chi connectivity index (χ4n) is 1.52. The number of anilines is 2. The fourth-order valence-corrected chi connectivity index (χ4v) is 1.64. The van der Waals surface area contributed by atoms with Crippen LogP contribution in [0.25, 0.3) is 0 Å². The van der Waals surface area contributed by atoms with Crippen LogP contribution in [0.2, 0.25) is 5.02 Å². The summed E-state index contributed by atoms with van der Waals surface area (Å²) in [5, 5.41) is 7.33. The van der Waals surface area contributed by atoms with E-state index in [-0.39, 0.29) is 12.5 Å². The molecule has 0 aliphatic rings. The van der Waals surface area contributed by atoms with Crippen LogP contribution in [0.15, 0.2) is 30.5 Å². The molecule has 0 saturated carbocycles. The van der Waals surface area contributed by atoms with Crippen LogP contribution in [0.3, 0.4) is 0 Å². The van der Waals surface area contributed by atoms with Gasteiger partial charge in [-0.25, -0.2) is 0 Å². The van der Waals surface area contributed by atoms with E-state index in [1.54, 1.807) is 29.1 Å². The molecular weight excluding hydrogens is 252 g/mol. The van der Waals surface area contributed by atoms with Gasteiger partial charge in [0.15, 0.2) is 0 Å². The highest BCUT2D eigenvalue weighted by atomic mass is 35.5. The monoisotopic (exact) mass is 264 g/mol. The first-order valence-electron chi connectivity index (χ1n) is 5.39. The molecule has 1 aromatic heterocycles. The summed E-state index contributed by atoms with van der Waals surface area (Å²) in [7, 11) is 0. The minimum absolute atomic E-state index is 0.163. The Labute approximate surface area is 110 Å². The second kappa shape index (κ2) is 5.10. The van der Waals surface area contributed by atoms with Gasteiger partial charge in [-0.1, -0.05) is 11.6 Å². The number of nitrogens with one attached hydrogen (secondary N) is 1. The molecule has 1 amide bonds. The van der Waals surface area contributed by atoms with E-state index in [0.29, 0.717) is 16.4 Å². The van der Waals surface area contributed by atoms with E-state index in [2.05, 4.69) is 10.4 Å². The summed E-state index contributed by atoms with van der Waals surface area (Å²) in [5.41, 5.74) is 7.58. The number of carbonyl (C=O) groups excluding carboxylic acids is 1. The molecule has 2 aromatic rings. The van der Waals surface area contributed by atoms with Gasteiger partial charge in [-0.3, -0.25) is 9.48 Å². The number of amides is 1. The first-order chi connectivity index (χ1) is 8.54. The second-order valence-electron chi connectivity index (χ2n) is 3.94. The van der Waals surface area contributed by atoms with Crippen molar-refractivity contribution in [2.75, 3.05) is 11.1 Å². The SMILES string of the molecule is Cc1ccn(CC(=O)Nc2ccc(Cl)c(N)c2)n1. The molecule has 0 aliphatic heterocycles. The van der Waals surface area contributed by atoms with E-state index in [0.717, 1.165) is 5.69 Å². The largest absolute Gasteiger partial charge is 0.397 e. The van der Waals surface area contributed by atoms with E-state index < -0.39 is 0 Å². The first kappa shape index (κ1) is 12.4. The van der Waals surface area contributed by atoms with Crippen molar-refractivity contribution in [2.24, 2.45) is 0 Å². The Hall–Kier alpha value is -2.01. The van der Waals surface area contributed by atoms with E-state index >= 15 is 0 Å². The molecule has 94 valence electrons. The average molecular weight is 265 g/mol. The summed E-state index contributed by atoms with van der Waals surface area (Å²) in [6.07, 6.45) is 1.76. The Bertz CT molecular complexity index is 579. The van der Waals surface area contributed by atoms with E-state index in [1.807, 2.05) is 13.0 Å². The first-order valence-corrected chi connectivity index (χ1v) is 5.77. The molecule has 0 spiro atoms. The number of hydrogen-bond acceptors (Lipinski definition) is 3. The third-order valence-electron chi connectivity index (χ3n) is 2.36. The van der Waals surface area contributed by atoms with Crippen LogP contribution in [0, 0.1) is 6.92 Å². The predicted molar refractivity (Wildman–Crippen MR) is 71.5 cm³/mol. The number of aromatic nitrogens is 2. The van der Waals surface area contributed by atoms with Crippen molar-refractivity contribution in [1.29, 1.82) is 0 Å². The smallest absolute Gasteiger partial charge is 0.246 e. The molecular formula is C12H13ClN4O. The van der Waals surface area contributed by atoms with Gasteiger partial charge in [0.2, 0.25) is 5.91 Å². The molecule has 0 radical (unpaired) electrons. The van der Waals surface area contributed by atoms with Crippen LogP contribution in [-0.2, 0) is 11.3 Å². The number of rotatable bonds is 3. The summed E-state index contributed by atoms with van der Waals surface area (Å²) >= 11 is 5.80. The van der Waals surface area contributed by atoms with Gasteiger partial charge in [0.1, 0.15) is 6.54 Å². The number of nitrogens with zero attached hydrogens (tertiary/aromatic N) is 2. The van der Waals surface area contributed by atoms with Gasteiger partial charge < -0.3 is 11.1 Å². The molecule has 3 N–H and O–H groups in total. The Morgan fingerprint density at radius 1 is 1.50 bits per heavy atom. The lowest BCUT2D eigenvalue weighted by atomic mass is 10.3. The number of benzene rings is 1. The third-order valence-corrected chi connectivity index (χ3v) is 2.70. The molecule has 0 fully saturated rings. The van der Waals surface area contributed by atoms with Gasteiger partial charge in [0, 0.05) is 11.9 Å². The van der Waals surface area contributed by atoms with Crippen molar-refractivity contribution in [1.82, 2.24) is 9.78 Å². The van der Waals surface area contributed by atoms with Gasteiger partial charge in [-0.15, -0.1) is 0 Å². The predicted octanol–water partition coefficient (Wildman–Crippen LogP) is 2.07. The van der Waals surface area contributed by atoms with Crippen molar-refractivity contribution in [3.63, 3.8) is 0 Å². The van der Waals surface area contributed by atoms with E-state index in [4.69, 9.17) is 17.3 Å². The van der Waals surface area contributed by atoms with Crippen LogP contribution >= 0.6 is 11.6 Å². The standard InChI is InChI=1S/C12H13ClN4O/c1-8-4-5-17(16-8)7-12(18)15-9-2-3-10(13)11(14)6-9/h2-6H,7,14H2,1H3,(H,15,18). The number of nitrogens with two attached hydrogens (primary N) is 1. The summed E-state index contributed by atoms with van der Waals surface area (Å²) < 4.78 is 1.57. The van der Waals surface area contributed by atoms with Gasteiger partial charge in [0.05, 0.1) is 16.4 Å². The number of carbonyl (C=O) groups is 1. The van der Waals surface area contributed by atoms with Crippen molar-refractivity contribution in [3.05, 3.63) is 41.2 Å². The van der Waals surface area contributed by atoms with Gasteiger partial charge >= 0.3 is 0 Å². The lowest BCUT2D eigenvalue weighted by Gasteiger charge is -2.07. The van der Waals surface area contributed by atoms with Gasteiger partial charge in [0.25, 0.3) is 0 Å². The maximum atomic E-state index is 11.7. The molecule has 0 bridgehead atoms. The molecule has 18 heavy (non-hydrogen) atoms. The fraction of sp³-hybridized carbons (Fsp3) is 0.167. The average Bonchev–Trinajstić information content (AvgIpc) is 2.69. The number of aryl methyl sites for hydroxylation is 1. The zero-order chi connectivity index (χ0) is 13.1. The second-order valence-corrected chi connectivity index (χ2v) is 4.35. The normalized spacial score (nSPS) is 10.3. The van der Waals surface area contributed by atoms with Crippen molar-refractivity contribution in [3.8, 4) is 0 Å². The van der Waals surface area contributed by atoms with Crippen molar-refractivity contribution in [2.45, 2.75) is 13.5 Å². The zero-order valence-corrected chi connectivity index (χ0v) is 10.6. The quantitative estimate of drug-likeness (QED) is 0.834. The highest BCUT2D eigenvalue weighted by Gasteiger charge is 2.05. The minimum atomic E-state index is -0.167. The highest BCUT2D eigenvalue weighted by Crippen LogP contribution is 2.22. The minimum Gasteiger partial charge on any atom is -0.397 e. The van der Waals surface area contributed by atoms with Crippen LogP contribution in [0.5, 0.6) is 0 Å². The lowest BCUT2D eigenvalue weighted by Crippen LogP contribution is -2.19. The topological polar surface area (TPSA) is 72.9 Å². The summed E-state index contributed by atoms with van der Waals surface area (Å²) in [4.78, 5) is 11.7. The Morgan fingerprint density at radius 3 is 2.89 bits per heavy atom. The number of nitrogen functional groups attached to an aromatic ring is 1. The molecule has 5 nitrogen and oxygen atoms in total. The number of hydrogen-bond donors (Lipinski definition) is 2. The Balaban J connectivity index is 2.00. The van der Waals surface area contributed by atoms with Crippen LogP contribution in [-0.4, -0.2) is 15.7 Å². The van der Waals surface area contributed by atoms with Crippen LogP contribution in [0.1, 0.15) is 5.69 Å². The van der Waals surface area contributed by atoms with Gasteiger partial charge in [-0.05, 0) is 31.2 Å². The Morgan fingerprint density at radius 2 is 2.28 bits per heavy atom. The zero-order valence-electron chi connectivity index (χ0n) is 9.85. The molecule has 0 aliphatic carbocycles. The van der Waals surface area contributed by atoms with Gasteiger partial charge in [-0.2, -0.15) is 5.10 Å². The molecule has 1 aromatic carbocycles. The molecule has 0 atom stereocenters. The molecule has 2 rings (SSSR count). The lowest BCUT2D eigenvalue weighted by molar-refractivity contribution is -0.116. The summed E-state index contributed by atoms with van der Waals surface area (Å²) in [6, 6.07) is 6.80. The molecule has 0 saturated heterocycles. The van der Waals surface area contributed by atoms with Crippen LogP contribution < -0.4 is 11.1 Å². The van der Waals surface area contributed by atoms with E-state index in [1.165, 1.54) is 0 Å².